The Hall–Kier alpha value is -1.61. The van der Waals surface area contributed by atoms with E-state index in [1.54, 1.807) is 6.20 Å². The molecule has 0 radical (unpaired) electrons. The largest absolute Gasteiger partial charge is 0.492 e. The summed E-state index contributed by atoms with van der Waals surface area (Å²) in [6.45, 7) is 1.80. The quantitative estimate of drug-likeness (QED) is 0.791. The van der Waals surface area contributed by atoms with Crippen molar-refractivity contribution in [1.29, 1.82) is 0 Å². The van der Waals surface area contributed by atoms with E-state index in [1.165, 1.54) is 12.8 Å². The van der Waals surface area contributed by atoms with Crippen LogP contribution in [0.25, 0.3) is 10.9 Å². The molecule has 3 nitrogen and oxygen atoms in total. The van der Waals surface area contributed by atoms with Crippen molar-refractivity contribution >= 4 is 10.9 Å². The number of rotatable bonds is 6. The molecular formula is C15H18N2O. The number of aromatic nitrogens is 1. The standard InChI is InChI=1S/C15H18N2O/c1-2-5-15-12(4-1)10-14(11-17-15)18-9-3-8-16-13-6-7-13/h1-2,4-5,10-11,13,16H,3,6-9H2. The number of nitrogens with one attached hydrogen (secondary N) is 1. The van der Waals surface area contributed by atoms with Crippen molar-refractivity contribution in [1.82, 2.24) is 10.3 Å². The number of para-hydroxylation sites is 1. The van der Waals surface area contributed by atoms with E-state index >= 15 is 0 Å². The number of ether oxygens (including phenoxy) is 1. The molecule has 0 saturated heterocycles. The molecule has 0 aliphatic heterocycles. The third-order valence-corrected chi connectivity index (χ3v) is 3.17. The molecule has 1 fully saturated rings. The van der Waals surface area contributed by atoms with Gasteiger partial charge in [-0.05, 0) is 37.9 Å². The van der Waals surface area contributed by atoms with Crippen LogP contribution in [0.2, 0.25) is 0 Å². The molecule has 1 N–H and O–H groups in total. The minimum absolute atomic E-state index is 0.750. The molecule has 2 aromatic rings. The molecule has 94 valence electrons. The first kappa shape index (κ1) is 11.5. The molecule has 0 unspecified atom stereocenters. The summed E-state index contributed by atoms with van der Waals surface area (Å²) in [5.41, 5.74) is 1.01. The number of hydrogen-bond acceptors (Lipinski definition) is 3. The smallest absolute Gasteiger partial charge is 0.138 e. The summed E-state index contributed by atoms with van der Waals surface area (Å²) < 4.78 is 5.71. The first-order valence-corrected chi connectivity index (χ1v) is 6.63. The highest BCUT2D eigenvalue weighted by Crippen LogP contribution is 2.19. The summed E-state index contributed by atoms with van der Waals surface area (Å²) in [5.74, 6) is 0.861. The van der Waals surface area contributed by atoms with Gasteiger partial charge in [0.05, 0.1) is 18.3 Å². The van der Waals surface area contributed by atoms with Crippen molar-refractivity contribution in [3.8, 4) is 5.75 Å². The van der Waals surface area contributed by atoms with Gasteiger partial charge in [0.25, 0.3) is 0 Å². The van der Waals surface area contributed by atoms with Gasteiger partial charge in [0.1, 0.15) is 5.75 Å². The molecule has 0 bridgehead atoms. The van der Waals surface area contributed by atoms with Gasteiger partial charge in [-0.15, -0.1) is 0 Å². The minimum Gasteiger partial charge on any atom is -0.492 e. The van der Waals surface area contributed by atoms with Crippen molar-refractivity contribution in [2.24, 2.45) is 0 Å². The van der Waals surface area contributed by atoms with Crippen LogP contribution in [0, 0.1) is 0 Å². The zero-order valence-corrected chi connectivity index (χ0v) is 10.4. The van der Waals surface area contributed by atoms with E-state index in [4.69, 9.17) is 4.74 Å². The monoisotopic (exact) mass is 242 g/mol. The van der Waals surface area contributed by atoms with E-state index in [-0.39, 0.29) is 0 Å². The summed E-state index contributed by atoms with van der Waals surface area (Å²) in [6, 6.07) is 10.9. The highest BCUT2D eigenvalue weighted by atomic mass is 16.5. The average molecular weight is 242 g/mol. The molecule has 0 amide bonds. The van der Waals surface area contributed by atoms with Gasteiger partial charge in [-0.25, -0.2) is 0 Å². The lowest BCUT2D eigenvalue weighted by Gasteiger charge is -2.07. The Kier molecular flexibility index (Phi) is 3.42. The van der Waals surface area contributed by atoms with Gasteiger partial charge < -0.3 is 10.1 Å². The van der Waals surface area contributed by atoms with E-state index < -0.39 is 0 Å². The van der Waals surface area contributed by atoms with Crippen LogP contribution in [0.3, 0.4) is 0 Å². The highest BCUT2D eigenvalue weighted by molar-refractivity contribution is 5.79. The van der Waals surface area contributed by atoms with E-state index in [2.05, 4.69) is 22.4 Å². The maximum Gasteiger partial charge on any atom is 0.138 e. The Morgan fingerprint density at radius 3 is 3.06 bits per heavy atom. The van der Waals surface area contributed by atoms with Crippen molar-refractivity contribution in [3.63, 3.8) is 0 Å². The van der Waals surface area contributed by atoms with E-state index in [0.717, 1.165) is 42.3 Å². The van der Waals surface area contributed by atoms with Crippen LogP contribution in [0.5, 0.6) is 5.75 Å². The van der Waals surface area contributed by atoms with Gasteiger partial charge in [-0.1, -0.05) is 18.2 Å². The summed E-state index contributed by atoms with van der Waals surface area (Å²) >= 11 is 0. The number of nitrogens with zero attached hydrogens (tertiary/aromatic N) is 1. The van der Waals surface area contributed by atoms with E-state index in [1.807, 2.05) is 18.2 Å². The number of pyridine rings is 1. The Labute approximate surface area is 107 Å². The molecule has 1 aliphatic rings. The fourth-order valence-electron chi connectivity index (χ4n) is 1.99. The molecule has 1 aliphatic carbocycles. The van der Waals surface area contributed by atoms with Crippen LogP contribution in [0.1, 0.15) is 19.3 Å². The van der Waals surface area contributed by atoms with Gasteiger partial charge in [-0.3, -0.25) is 4.98 Å². The third kappa shape index (κ3) is 2.99. The predicted octanol–water partition coefficient (Wildman–Crippen LogP) is 2.76. The summed E-state index contributed by atoms with van der Waals surface area (Å²) in [7, 11) is 0. The molecule has 0 atom stereocenters. The van der Waals surface area contributed by atoms with Crippen molar-refractivity contribution in [2.75, 3.05) is 13.2 Å². The normalized spacial score (nSPS) is 14.9. The van der Waals surface area contributed by atoms with Crippen LogP contribution < -0.4 is 10.1 Å². The molecule has 0 spiro atoms. The lowest BCUT2D eigenvalue weighted by molar-refractivity contribution is 0.307. The van der Waals surface area contributed by atoms with E-state index in [0.29, 0.717) is 0 Å². The van der Waals surface area contributed by atoms with Crippen molar-refractivity contribution < 1.29 is 4.74 Å². The molecule has 1 aromatic heterocycles. The van der Waals surface area contributed by atoms with E-state index in [9.17, 15) is 0 Å². The first-order valence-electron chi connectivity index (χ1n) is 6.63. The van der Waals surface area contributed by atoms with Gasteiger partial charge in [-0.2, -0.15) is 0 Å². The average Bonchev–Trinajstić information content (AvgIpc) is 3.22. The predicted molar refractivity (Wildman–Crippen MR) is 72.9 cm³/mol. The van der Waals surface area contributed by atoms with Crippen LogP contribution in [0.4, 0.5) is 0 Å². The maximum absolute atomic E-state index is 5.71. The summed E-state index contributed by atoms with van der Waals surface area (Å²) in [5, 5.41) is 4.61. The minimum atomic E-state index is 0.750. The third-order valence-electron chi connectivity index (χ3n) is 3.17. The van der Waals surface area contributed by atoms with Crippen LogP contribution in [0.15, 0.2) is 36.5 Å². The second-order valence-electron chi connectivity index (χ2n) is 4.79. The Balaban J connectivity index is 1.50. The van der Waals surface area contributed by atoms with Gasteiger partial charge in [0, 0.05) is 11.4 Å². The molecule has 1 saturated carbocycles. The molecular weight excluding hydrogens is 224 g/mol. The Morgan fingerprint density at radius 1 is 1.28 bits per heavy atom. The van der Waals surface area contributed by atoms with Gasteiger partial charge in [0.15, 0.2) is 0 Å². The lowest BCUT2D eigenvalue weighted by Crippen LogP contribution is -2.19. The fraction of sp³-hybridized carbons (Fsp3) is 0.400. The van der Waals surface area contributed by atoms with Crippen LogP contribution >= 0.6 is 0 Å². The first-order chi connectivity index (χ1) is 8.92. The molecule has 3 heteroatoms. The molecule has 1 heterocycles. The SMILES string of the molecule is c1ccc2ncc(OCCCNC3CC3)cc2c1. The van der Waals surface area contributed by atoms with Crippen molar-refractivity contribution in [3.05, 3.63) is 36.5 Å². The number of fused-ring (bicyclic) bond motifs is 1. The van der Waals surface area contributed by atoms with Gasteiger partial charge >= 0.3 is 0 Å². The molecule has 18 heavy (non-hydrogen) atoms. The number of benzene rings is 1. The van der Waals surface area contributed by atoms with Crippen LogP contribution in [-0.4, -0.2) is 24.2 Å². The molecule has 3 rings (SSSR count). The maximum atomic E-state index is 5.71. The second kappa shape index (κ2) is 5.36. The fourth-order valence-corrected chi connectivity index (χ4v) is 1.99. The zero-order valence-electron chi connectivity index (χ0n) is 10.4. The van der Waals surface area contributed by atoms with Crippen LogP contribution in [-0.2, 0) is 0 Å². The second-order valence-corrected chi connectivity index (χ2v) is 4.79. The summed E-state index contributed by atoms with van der Waals surface area (Å²) in [6.07, 6.45) is 5.53. The summed E-state index contributed by atoms with van der Waals surface area (Å²) in [4.78, 5) is 4.38. The Bertz CT molecular complexity index is 523. The lowest BCUT2D eigenvalue weighted by atomic mass is 10.2. The number of hydrogen-bond donors (Lipinski definition) is 1. The zero-order chi connectivity index (χ0) is 12.2. The highest BCUT2D eigenvalue weighted by Gasteiger charge is 2.19. The van der Waals surface area contributed by atoms with Gasteiger partial charge in [0.2, 0.25) is 0 Å². The topological polar surface area (TPSA) is 34.1 Å². The Morgan fingerprint density at radius 2 is 2.17 bits per heavy atom. The van der Waals surface area contributed by atoms with Crippen molar-refractivity contribution in [2.45, 2.75) is 25.3 Å². The molecule has 1 aromatic carbocycles.